The summed E-state index contributed by atoms with van der Waals surface area (Å²) in [5.41, 5.74) is 9.73. The summed E-state index contributed by atoms with van der Waals surface area (Å²) in [6, 6.07) is 5.20. The third kappa shape index (κ3) is 6.37. The minimum atomic E-state index is -0.178. The fourth-order valence-electron chi connectivity index (χ4n) is 2.30. The predicted octanol–water partition coefficient (Wildman–Crippen LogP) is 4.53. The molecule has 1 aromatic rings. The molecule has 0 spiro atoms. The van der Waals surface area contributed by atoms with E-state index in [-0.39, 0.29) is 5.82 Å². The summed E-state index contributed by atoms with van der Waals surface area (Å²) in [4.78, 5) is 0. The Morgan fingerprint density at radius 1 is 1.35 bits per heavy atom. The summed E-state index contributed by atoms with van der Waals surface area (Å²) in [6.45, 7) is 9.16. The molecule has 3 nitrogen and oxygen atoms in total. The number of aryl methyl sites for hydroxylation is 1. The van der Waals surface area contributed by atoms with Gasteiger partial charge < -0.3 is 5.73 Å². The monoisotopic (exact) mass is 317 g/mol. The zero-order valence-corrected chi connectivity index (χ0v) is 14.6. The maximum Gasteiger partial charge on any atom is 0.126 e. The molecule has 0 heterocycles. The largest absolute Gasteiger partial charge is 0.330 e. The highest BCUT2D eigenvalue weighted by molar-refractivity contribution is 5.70. The van der Waals surface area contributed by atoms with Crippen molar-refractivity contribution in [3.63, 3.8) is 0 Å². The average molecular weight is 317 g/mol. The highest BCUT2D eigenvalue weighted by Gasteiger charge is 2.11. The van der Waals surface area contributed by atoms with E-state index < -0.39 is 0 Å². The van der Waals surface area contributed by atoms with Crippen molar-refractivity contribution >= 4 is 6.21 Å². The van der Waals surface area contributed by atoms with Crippen LogP contribution in [0.3, 0.4) is 0 Å². The third-order valence-electron chi connectivity index (χ3n) is 3.55. The van der Waals surface area contributed by atoms with E-state index in [9.17, 15) is 4.39 Å². The number of benzene rings is 1. The van der Waals surface area contributed by atoms with E-state index in [0.29, 0.717) is 18.7 Å². The van der Waals surface area contributed by atoms with Gasteiger partial charge in [-0.2, -0.15) is 5.10 Å². The number of allylic oxidation sites excluding steroid dienone is 4. The quantitative estimate of drug-likeness (QED) is 0.565. The van der Waals surface area contributed by atoms with Crippen molar-refractivity contribution in [2.24, 2.45) is 10.8 Å². The molecule has 1 aromatic carbocycles. The molecule has 0 saturated heterocycles. The second-order valence-corrected chi connectivity index (χ2v) is 5.77. The van der Waals surface area contributed by atoms with Gasteiger partial charge in [0, 0.05) is 11.9 Å². The van der Waals surface area contributed by atoms with E-state index >= 15 is 0 Å². The Kier molecular flexibility index (Phi) is 8.27. The van der Waals surface area contributed by atoms with Crippen LogP contribution in [-0.2, 0) is 6.54 Å². The normalized spacial score (nSPS) is 11.4. The maximum atomic E-state index is 13.5. The fraction of sp³-hybridized carbons (Fsp3) is 0.421. The van der Waals surface area contributed by atoms with Gasteiger partial charge in [-0.3, -0.25) is 5.01 Å². The van der Waals surface area contributed by atoms with E-state index in [1.807, 2.05) is 36.2 Å². The minimum Gasteiger partial charge on any atom is -0.330 e. The standard InChI is InChI=1S/C19H28FN3/c1-5-6-12-22-23(19(15(2)3)8-7-11-21)14-17-9-10-18(20)16(4)13-17/h5-6,9-10,12-13H,7-8,11,14,21H2,1-4H3/b6-5+,22-12+. The summed E-state index contributed by atoms with van der Waals surface area (Å²) in [5.74, 6) is -0.178. The van der Waals surface area contributed by atoms with Crippen LogP contribution in [-0.4, -0.2) is 17.8 Å². The van der Waals surface area contributed by atoms with Gasteiger partial charge in [-0.25, -0.2) is 4.39 Å². The summed E-state index contributed by atoms with van der Waals surface area (Å²) in [6.07, 6.45) is 7.41. The van der Waals surface area contributed by atoms with E-state index in [4.69, 9.17) is 5.73 Å². The first kappa shape index (κ1) is 19.1. The van der Waals surface area contributed by atoms with Gasteiger partial charge in [-0.05, 0) is 70.4 Å². The molecule has 0 amide bonds. The second-order valence-electron chi connectivity index (χ2n) is 5.77. The fourth-order valence-corrected chi connectivity index (χ4v) is 2.30. The van der Waals surface area contributed by atoms with Crippen molar-refractivity contribution < 1.29 is 4.39 Å². The van der Waals surface area contributed by atoms with Crippen molar-refractivity contribution in [3.05, 3.63) is 58.6 Å². The van der Waals surface area contributed by atoms with Crippen molar-refractivity contribution in [2.75, 3.05) is 6.54 Å². The SMILES string of the molecule is C/C=C/C=N/N(Cc1ccc(F)c(C)c1)C(CCCN)=C(C)C. The van der Waals surface area contributed by atoms with Crippen LogP contribution < -0.4 is 5.73 Å². The Bertz CT molecular complexity index is 584. The Morgan fingerprint density at radius 2 is 2.09 bits per heavy atom. The van der Waals surface area contributed by atoms with Gasteiger partial charge in [0.2, 0.25) is 0 Å². The summed E-state index contributed by atoms with van der Waals surface area (Å²) < 4.78 is 13.5. The van der Waals surface area contributed by atoms with Crippen LogP contribution in [0.4, 0.5) is 4.39 Å². The van der Waals surface area contributed by atoms with Crippen LogP contribution in [0.2, 0.25) is 0 Å². The van der Waals surface area contributed by atoms with Crippen LogP contribution in [0.1, 0.15) is 44.7 Å². The molecule has 0 aromatic heterocycles. The average Bonchev–Trinajstić information content (AvgIpc) is 2.51. The van der Waals surface area contributed by atoms with Gasteiger partial charge >= 0.3 is 0 Å². The molecule has 2 N–H and O–H groups in total. The molecule has 0 unspecified atom stereocenters. The van der Waals surface area contributed by atoms with Crippen LogP contribution in [0.25, 0.3) is 0 Å². The van der Waals surface area contributed by atoms with Crippen LogP contribution >= 0.6 is 0 Å². The van der Waals surface area contributed by atoms with Crippen LogP contribution in [0, 0.1) is 12.7 Å². The molecule has 1 rings (SSSR count). The number of rotatable bonds is 8. The van der Waals surface area contributed by atoms with Crippen molar-refractivity contribution in [1.82, 2.24) is 5.01 Å². The van der Waals surface area contributed by atoms with Gasteiger partial charge in [0.05, 0.1) is 6.54 Å². The molecule has 0 aliphatic rings. The Hall–Kier alpha value is -1.94. The lowest BCUT2D eigenvalue weighted by Gasteiger charge is -2.24. The first-order valence-electron chi connectivity index (χ1n) is 8.03. The molecular weight excluding hydrogens is 289 g/mol. The van der Waals surface area contributed by atoms with Crippen molar-refractivity contribution in [2.45, 2.75) is 47.1 Å². The molecule has 23 heavy (non-hydrogen) atoms. The van der Waals surface area contributed by atoms with Crippen molar-refractivity contribution in [1.29, 1.82) is 0 Å². The van der Waals surface area contributed by atoms with Crippen molar-refractivity contribution in [3.8, 4) is 0 Å². The van der Waals surface area contributed by atoms with Crippen LogP contribution in [0.5, 0.6) is 0 Å². The maximum absolute atomic E-state index is 13.5. The Balaban J connectivity index is 3.07. The van der Waals surface area contributed by atoms with Crippen LogP contribution in [0.15, 0.2) is 46.7 Å². The molecule has 0 radical (unpaired) electrons. The zero-order chi connectivity index (χ0) is 17.2. The molecule has 4 heteroatoms. The number of nitrogens with two attached hydrogens (primary N) is 1. The first-order chi connectivity index (χ1) is 11.0. The van der Waals surface area contributed by atoms with Gasteiger partial charge in [0.15, 0.2) is 0 Å². The predicted molar refractivity (Wildman–Crippen MR) is 96.6 cm³/mol. The Labute approximate surface area is 139 Å². The minimum absolute atomic E-state index is 0.178. The lowest BCUT2D eigenvalue weighted by atomic mass is 10.1. The van der Waals surface area contributed by atoms with Gasteiger partial charge in [-0.1, -0.05) is 23.8 Å². The van der Waals surface area contributed by atoms with E-state index in [0.717, 1.165) is 24.1 Å². The number of halogens is 1. The molecule has 0 bridgehead atoms. The first-order valence-corrected chi connectivity index (χ1v) is 8.03. The Morgan fingerprint density at radius 3 is 2.65 bits per heavy atom. The molecular formula is C19H28FN3. The third-order valence-corrected chi connectivity index (χ3v) is 3.55. The summed E-state index contributed by atoms with van der Waals surface area (Å²) >= 11 is 0. The summed E-state index contributed by atoms with van der Waals surface area (Å²) in [5, 5.41) is 6.55. The molecule has 0 aliphatic heterocycles. The lowest BCUT2D eigenvalue weighted by Crippen LogP contribution is -2.19. The number of nitrogens with zero attached hydrogens (tertiary/aromatic N) is 2. The number of hydrogen-bond donors (Lipinski definition) is 1. The second kappa shape index (κ2) is 9.95. The van der Waals surface area contributed by atoms with E-state index in [1.54, 1.807) is 13.1 Å². The molecule has 126 valence electrons. The zero-order valence-electron chi connectivity index (χ0n) is 14.6. The number of hydrogen-bond acceptors (Lipinski definition) is 3. The van der Waals surface area contributed by atoms with E-state index in [1.165, 1.54) is 11.6 Å². The highest BCUT2D eigenvalue weighted by atomic mass is 19.1. The van der Waals surface area contributed by atoms with E-state index in [2.05, 4.69) is 18.9 Å². The topological polar surface area (TPSA) is 41.6 Å². The summed E-state index contributed by atoms with van der Waals surface area (Å²) in [7, 11) is 0. The lowest BCUT2D eigenvalue weighted by molar-refractivity contribution is 0.338. The van der Waals surface area contributed by atoms with Gasteiger partial charge in [-0.15, -0.1) is 0 Å². The smallest absolute Gasteiger partial charge is 0.126 e. The van der Waals surface area contributed by atoms with Gasteiger partial charge in [0.25, 0.3) is 0 Å². The molecule has 0 fully saturated rings. The van der Waals surface area contributed by atoms with Gasteiger partial charge in [0.1, 0.15) is 5.82 Å². The molecule has 0 atom stereocenters. The molecule has 0 aliphatic carbocycles. The number of hydrazone groups is 1. The molecule has 0 saturated carbocycles. The highest BCUT2D eigenvalue weighted by Crippen LogP contribution is 2.20.